The minimum atomic E-state index is -0.468. The average molecular weight is 421 g/mol. The third-order valence-electron chi connectivity index (χ3n) is 4.91. The first-order valence-electron chi connectivity index (χ1n) is 10.1. The van der Waals surface area contributed by atoms with Crippen molar-refractivity contribution in [3.8, 4) is 11.1 Å². The molecule has 2 N–H and O–H groups in total. The number of amides is 2. The molecule has 30 heavy (non-hydrogen) atoms. The number of hydrogen-bond acceptors (Lipinski definition) is 2. The molecule has 0 saturated carbocycles. The summed E-state index contributed by atoms with van der Waals surface area (Å²) in [6.07, 6.45) is 4.80. The Hall–Kier alpha value is -3.11. The lowest BCUT2D eigenvalue weighted by molar-refractivity contribution is 0.0847. The lowest BCUT2D eigenvalue weighted by Crippen LogP contribution is -2.41. The summed E-state index contributed by atoms with van der Waals surface area (Å²) in [6.45, 7) is 2.21. The normalized spacial score (nSPS) is 10.5. The van der Waals surface area contributed by atoms with E-state index in [1.807, 2.05) is 12.1 Å². The molecule has 0 saturated heterocycles. The van der Waals surface area contributed by atoms with Gasteiger partial charge in [0.1, 0.15) is 0 Å². The SMILES string of the molecule is CCCCCc1ccc(-c2ccc(C(=O)NNC(=O)c3ccccc3Cl)cc2)cc1. The number of hydrogen-bond donors (Lipinski definition) is 2. The summed E-state index contributed by atoms with van der Waals surface area (Å²) >= 11 is 5.99. The second-order valence-corrected chi connectivity index (χ2v) is 7.53. The highest BCUT2D eigenvalue weighted by Crippen LogP contribution is 2.21. The second kappa shape index (κ2) is 10.6. The summed E-state index contributed by atoms with van der Waals surface area (Å²) < 4.78 is 0. The topological polar surface area (TPSA) is 58.2 Å². The Kier molecular flexibility index (Phi) is 7.63. The zero-order valence-electron chi connectivity index (χ0n) is 17.0. The number of rotatable bonds is 7. The van der Waals surface area contributed by atoms with Gasteiger partial charge in [-0.2, -0.15) is 0 Å². The number of aryl methyl sites for hydroxylation is 1. The molecule has 0 aliphatic carbocycles. The van der Waals surface area contributed by atoms with Crippen LogP contribution in [0.25, 0.3) is 11.1 Å². The van der Waals surface area contributed by atoms with Crippen molar-refractivity contribution in [2.45, 2.75) is 32.6 Å². The smallest absolute Gasteiger partial charge is 0.267 e. The van der Waals surface area contributed by atoms with Crippen molar-refractivity contribution in [3.63, 3.8) is 0 Å². The predicted molar refractivity (Wildman–Crippen MR) is 121 cm³/mol. The number of unbranched alkanes of at least 4 members (excludes halogenated alkanes) is 2. The maximum Gasteiger partial charge on any atom is 0.271 e. The highest BCUT2D eigenvalue weighted by molar-refractivity contribution is 6.33. The van der Waals surface area contributed by atoms with Gasteiger partial charge < -0.3 is 0 Å². The molecule has 3 aromatic carbocycles. The van der Waals surface area contributed by atoms with Crippen LogP contribution in [-0.2, 0) is 6.42 Å². The Balaban J connectivity index is 1.57. The van der Waals surface area contributed by atoms with Crippen LogP contribution >= 0.6 is 11.6 Å². The van der Waals surface area contributed by atoms with Gasteiger partial charge >= 0.3 is 0 Å². The maximum atomic E-state index is 12.3. The third-order valence-corrected chi connectivity index (χ3v) is 5.24. The van der Waals surface area contributed by atoms with Crippen LogP contribution in [-0.4, -0.2) is 11.8 Å². The van der Waals surface area contributed by atoms with Gasteiger partial charge in [-0.05, 0) is 53.8 Å². The van der Waals surface area contributed by atoms with Gasteiger partial charge in [0.25, 0.3) is 11.8 Å². The summed E-state index contributed by atoms with van der Waals surface area (Å²) in [5, 5.41) is 0.324. The number of halogens is 1. The molecule has 0 heterocycles. The van der Waals surface area contributed by atoms with Crippen LogP contribution in [0, 0.1) is 0 Å². The first-order valence-corrected chi connectivity index (χ1v) is 10.5. The summed E-state index contributed by atoms with van der Waals surface area (Å²) in [7, 11) is 0. The van der Waals surface area contributed by atoms with E-state index in [2.05, 4.69) is 42.0 Å². The van der Waals surface area contributed by atoms with Crippen molar-refractivity contribution in [2.24, 2.45) is 0 Å². The van der Waals surface area contributed by atoms with E-state index < -0.39 is 11.8 Å². The van der Waals surface area contributed by atoms with Crippen LogP contribution in [0.4, 0.5) is 0 Å². The first kappa shape index (κ1) is 21.6. The molecule has 0 unspecified atom stereocenters. The number of benzene rings is 3. The molecule has 4 nitrogen and oxygen atoms in total. The maximum absolute atomic E-state index is 12.3. The van der Waals surface area contributed by atoms with Crippen molar-refractivity contribution >= 4 is 23.4 Å². The molecule has 3 rings (SSSR count). The van der Waals surface area contributed by atoms with Crippen molar-refractivity contribution in [2.75, 3.05) is 0 Å². The fourth-order valence-electron chi connectivity index (χ4n) is 3.16. The van der Waals surface area contributed by atoms with E-state index >= 15 is 0 Å². The number of carbonyl (C=O) groups is 2. The monoisotopic (exact) mass is 420 g/mol. The van der Waals surface area contributed by atoms with E-state index in [4.69, 9.17) is 11.6 Å². The average Bonchev–Trinajstić information content (AvgIpc) is 2.78. The van der Waals surface area contributed by atoms with E-state index in [1.54, 1.807) is 36.4 Å². The minimum absolute atomic E-state index is 0.299. The minimum Gasteiger partial charge on any atom is -0.267 e. The molecule has 0 aliphatic heterocycles. The van der Waals surface area contributed by atoms with Crippen LogP contribution in [0.1, 0.15) is 52.5 Å². The molecule has 0 radical (unpaired) electrons. The van der Waals surface area contributed by atoms with Gasteiger partial charge in [-0.3, -0.25) is 20.4 Å². The van der Waals surface area contributed by atoms with Crippen LogP contribution in [0.15, 0.2) is 72.8 Å². The summed E-state index contributed by atoms with van der Waals surface area (Å²) in [6, 6.07) is 22.5. The lowest BCUT2D eigenvalue weighted by atomic mass is 10.0. The molecule has 0 aliphatic rings. The lowest BCUT2D eigenvalue weighted by Gasteiger charge is -2.09. The molecule has 0 atom stereocenters. The van der Waals surface area contributed by atoms with Gasteiger partial charge in [-0.1, -0.05) is 79.9 Å². The highest BCUT2D eigenvalue weighted by Gasteiger charge is 2.11. The zero-order valence-corrected chi connectivity index (χ0v) is 17.7. The van der Waals surface area contributed by atoms with Crippen molar-refractivity contribution in [1.29, 1.82) is 0 Å². The molecular formula is C25H25ClN2O2. The number of nitrogens with one attached hydrogen (secondary N) is 2. The fourth-order valence-corrected chi connectivity index (χ4v) is 3.38. The summed E-state index contributed by atoms with van der Waals surface area (Å²) in [5.74, 6) is -0.863. The standard InChI is InChI=1S/C25H25ClN2O2/c1-2-3-4-7-18-10-12-19(13-11-18)20-14-16-21(17-15-20)24(29)27-28-25(30)22-8-5-6-9-23(22)26/h5-6,8-17H,2-4,7H2,1H3,(H,27,29)(H,28,30). The molecule has 154 valence electrons. The second-order valence-electron chi connectivity index (χ2n) is 7.12. The Bertz CT molecular complexity index is 998. The number of hydrazine groups is 1. The van der Waals surface area contributed by atoms with Crippen molar-refractivity contribution in [1.82, 2.24) is 10.9 Å². The molecule has 0 spiro atoms. The largest absolute Gasteiger partial charge is 0.271 e. The Labute approximate surface area is 182 Å². The van der Waals surface area contributed by atoms with Gasteiger partial charge in [0, 0.05) is 5.56 Å². The Morgan fingerprint density at radius 3 is 2.00 bits per heavy atom. The van der Waals surface area contributed by atoms with Gasteiger partial charge in [0.15, 0.2) is 0 Å². The molecule has 2 amide bonds. The van der Waals surface area contributed by atoms with Crippen LogP contribution in [0.5, 0.6) is 0 Å². The van der Waals surface area contributed by atoms with Crippen LogP contribution in [0.3, 0.4) is 0 Å². The molecule has 0 fully saturated rings. The van der Waals surface area contributed by atoms with Gasteiger partial charge in [0.05, 0.1) is 10.6 Å². The van der Waals surface area contributed by atoms with Gasteiger partial charge in [0.2, 0.25) is 0 Å². The molecular weight excluding hydrogens is 396 g/mol. The summed E-state index contributed by atoms with van der Waals surface area (Å²) in [5.41, 5.74) is 9.04. The van der Waals surface area contributed by atoms with E-state index in [-0.39, 0.29) is 0 Å². The van der Waals surface area contributed by atoms with Gasteiger partial charge in [-0.25, -0.2) is 0 Å². The Morgan fingerprint density at radius 1 is 0.767 bits per heavy atom. The number of carbonyl (C=O) groups excluding carboxylic acids is 2. The van der Waals surface area contributed by atoms with Crippen molar-refractivity contribution < 1.29 is 9.59 Å². The molecule has 0 aromatic heterocycles. The van der Waals surface area contributed by atoms with E-state index in [0.717, 1.165) is 17.5 Å². The summed E-state index contributed by atoms with van der Waals surface area (Å²) in [4.78, 5) is 24.5. The van der Waals surface area contributed by atoms with Gasteiger partial charge in [-0.15, -0.1) is 0 Å². The molecule has 5 heteroatoms. The first-order chi connectivity index (χ1) is 14.6. The fraction of sp³-hybridized carbons (Fsp3) is 0.200. The molecule has 3 aromatic rings. The van der Waals surface area contributed by atoms with Crippen LogP contribution < -0.4 is 10.9 Å². The van der Waals surface area contributed by atoms with Crippen molar-refractivity contribution in [3.05, 3.63) is 94.5 Å². The highest BCUT2D eigenvalue weighted by atomic mass is 35.5. The van der Waals surface area contributed by atoms with E-state index in [1.165, 1.54) is 24.8 Å². The molecule has 0 bridgehead atoms. The third kappa shape index (κ3) is 5.71. The quantitative estimate of drug-likeness (QED) is 0.374. The van der Waals surface area contributed by atoms with Crippen LogP contribution in [0.2, 0.25) is 5.02 Å². The van der Waals surface area contributed by atoms with E-state index in [9.17, 15) is 9.59 Å². The zero-order chi connectivity index (χ0) is 21.3. The Morgan fingerprint density at radius 2 is 1.37 bits per heavy atom. The van der Waals surface area contributed by atoms with E-state index in [0.29, 0.717) is 16.1 Å². The predicted octanol–water partition coefficient (Wildman–Crippen LogP) is 5.81.